The van der Waals surface area contributed by atoms with E-state index < -0.39 is 5.97 Å². The maximum Gasteiger partial charge on any atom is 0.303 e. The molecule has 2 aromatic carbocycles. The molecule has 6 heteroatoms. The van der Waals surface area contributed by atoms with E-state index in [1.165, 1.54) is 0 Å². The molecule has 146 valence electrons. The van der Waals surface area contributed by atoms with Crippen molar-refractivity contribution in [2.24, 2.45) is 0 Å². The summed E-state index contributed by atoms with van der Waals surface area (Å²) in [6, 6.07) is 14.8. The molecular weight excluding hydrogens is 356 g/mol. The fraction of sp³-hybridized carbons (Fsp3) is 0.318. The summed E-state index contributed by atoms with van der Waals surface area (Å²) in [7, 11) is 1.74. The fourth-order valence-corrected chi connectivity index (χ4v) is 3.49. The van der Waals surface area contributed by atoms with Crippen molar-refractivity contribution in [2.75, 3.05) is 11.9 Å². The van der Waals surface area contributed by atoms with Gasteiger partial charge < -0.3 is 15.3 Å². The number of aliphatic carboxylic acids is 1. The van der Waals surface area contributed by atoms with E-state index in [1.54, 1.807) is 24.1 Å². The predicted octanol–water partition coefficient (Wildman–Crippen LogP) is 2.80. The lowest BCUT2D eigenvalue weighted by atomic mass is 9.98. The summed E-state index contributed by atoms with van der Waals surface area (Å²) in [6.07, 6.45) is 1.98. The molecule has 1 unspecified atom stereocenters. The number of carbonyl (C=O) groups excluding carboxylic acids is 2. The monoisotopic (exact) mass is 380 g/mol. The normalized spacial score (nSPS) is 14.3. The average molecular weight is 380 g/mol. The summed E-state index contributed by atoms with van der Waals surface area (Å²) in [5, 5.41) is 12.0. The van der Waals surface area contributed by atoms with Gasteiger partial charge in [-0.1, -0.05) is 30.3 Å². The number of nitrogens with one attached hydrogen (secondary N) is 1. The highest BCUT2D eigenvalue weighted by Crippen LogP contribution is 2.27. The summed E-state index contributed by atoms with van der Waals surface area (Å²) in [5.41, 5.74) is 3.37. The molecule has 2 aromatic rings. The van der Waals surface area contributed by atoms with Crippen LogP contribution in [-0.4, -0.2) is 36.0 Å². The summed E-state index contributed by atoms with van der Waals surface area (Å²) in [6.45, 7) is 0. The lowest BCUT2D eigenvalue weighted by Crippen LogP contribution is -2.37. The van der Waals surface area contributed by atoms with Crippen LogP contribution >= 0.6 is 0 Å². The number of benzene rings is 2. The average Bonchev–Trinajstić information content (AvgIpc) is 2.69. The molecule has 0 bridgehead atoms. The minimum atomic E-state index is -0.881. The van der Waals surface area contributed by atoms with E-state index in [4.69, 9.17) is 5.11 Å². The molecule has 2 N–H and O–H groups in total. The van der Waals surface area contributed by atoms with E-state index >= 15 is 0 Å². The van der Waals surface area contributed by atoms with Crippen LogP contribution in [0.25, 0.3) is 0 Å². The molecule has 1 aliphatic rings. The molecule has 0 aliphatic carbocycles. The molecular formula is C22H24N2O4. The Labute approximate surface area is 164 Å². The molecule has 1 atom stereocenters. The molecule has 0 saturated heterocycles. The smallest absolute Gasteiger partial charge is 0.303 e. The topological polar surface area (TPSA) is 86.7 Å². The first kappa shape index (κ1) is 19.6. The predicted molar refractivity (Wildman–Crippen MR) is 106 cm³/mol. The van der Waals surface area contributed by atoms with Crippen LogP contribution in [0.1, 0.15) is 40.7 Å². The molecule has 0 fully saturated rings. The second-order valence-electron chi connectivity index (χ2n) is 7.09. The summed E-state index contributed by atoms with van der Waals surface area (Å²) >= 11 is 0. The molecule has 1 aliphatic heterocycles. The number of carboxylic acids is 1. The number of fused-ring (bicyclic) bond motifs is 1. The zero-order chi connectivity index (χ0) is 20.1. The first-order valence-corrected chi connectivity index (χ1v) is 9.40. The number of hydrogen-bond acceptors (Lipinski definition) is 3. The van der Waals surface area contributed by atoms with Crippen LogP contribution in [-0.2, 0) is 22.4 Å². The van der Waals surface area contributed by atoms with Crippen molar-refractivity contribution in [1.29, 1.82) is 0 Å². The maximum absolute atomic E-state index is 12.8. The zero-order valence-electron chi connectivity index (χ0n) is 15.9. The van der Waals surface area contributed by atoms with Crippen LogP contribution in [0.15, 0.2) is 48.5 Å². The van der Waals surface area contributed by atoms with Crippen LogP contribution in [0, 0.1) is 0 Å². The van der Waals surface area contributed by atoms with Crippen molar-refractivity contribution in [3.05, 3.63) is 65.2 Å². The SMILES string of the molecule is CN1C(=O)CCc2cc(C(=O)NC(CCC(=O)O)Cc3ccccc3)ccc21. The van der Waals surface area contributed by atoms with Gasteiger partial charge in [-0.2, -0.15) is 0 Å². The number of anilines is 1. The van der Waals surface area contributed by atoms with E-state index in [9.17, 15) is 14.4 Å². The van der Waals surface area contributed by atoms with Crippen molar-refractivity contribution >= 4 is 23.5 Å². The number of nitrogens with zero attached hydrogens (tertiary/aromatic N) is 1. The van der Waals surface area contributed by atoms with Gasteiger partial charge in [-0.05, 0) is 48.6 Å². The van der Waals surface area contributed by atoms with Gasteiger partial charge in [-0.15, -0.1) is 0 Å². The lowest BCUT2D eigenvalue weighted by molar-refractivity contribution is -0.137. The highest BCUT2D eigenvalue weighted by Gasteiger charge is 2.22. The van der Waals surface area contributed by atoms with Crippen LogP contribution < -0.4 is 10.2 Å². The number of carboxylic acid groups (broad SMARTS) is 1. The van der Waals surface area contributed by atoms with Gasteiger partial charge in [0.15, 0.2) is 0 Å². The zero-order valence-corrected chi connectivity index (χ0v) is 15.9. The molecule has 0 radical (unpaired) electrons. The number of amides is 2. The third-order valence-electron chi connectivity index (χ3n) is 5.05. The quantitative estimate of drug-likeness (QED) is 0.773. The minimum absolute atomic E-state index is 0.00508. The second kappa shape index (κ2) is 8.69. The van der Waals surface area contributed by atoms with Crippen LogP contribution in [0.2, 0.25) is 0 Å². The van der Waals surface area contributed by atoms with E-state index in [0.29, 0.717) is 31.2 Å². The Morgan fingerprint density at radius 3 is 2.61 bits per heavy atom. The van der Waals surface area contributed by atoms with Gasteiger partial charge in [0.2, 0.25) is 5.91 Å². The molecule has 0 aromatic heterocycles. The Bertz CT molecular complexity index is 879. The van der Waals surface area contributed by atoms with Crippen LogP contribution in [0.5, 0.6) is 0 Å². The number of rotatable bonds is 7. The number of aryl methyl sites for hydroxylation is 1. The first-order chi connectivity index (χ1) is 13.4. The van der Waals surface area contributed by atoms with E-state index in [0.717, 1.165) is 16.8 Å². The molecule has 6 nitrogen and oxygen atoms in total. The lowest BCUT2D eigenvalue weighted by Gasteiger charge is -2.26. The molecule has 0 spiro atoms. The minimum Gasteiger partial charge on any atom is -0.481 e. The van der Waals surface area contributed by atoms with Crippen molar-refractivity contribution in [2.45, 2.75) is 38.1 Å². The summed E-state index contributed by atoms with van der Waals surface area (Å²) in [5.74, 6) is -1.04. The molecule has 3 rings (SSSR count). The van der Waals surface area contributed by atoms with Crippen molar-refractivity contribution < 1.29 is 19.5 Å². The molecule has 1 heterocycles. The highest BCUT2D eigenvalue weighted by atomic mass is 16.4. The van der Waals surface area contributed by atoms with Crippen molar-refractivity contribution in [1.82, 2.24) is 5.32 Å². The first-order valence-electron chi connectivity index (χ1n) is 9.40. The maximum atomic E-state index is 12.8. The van der Waals surface area contributed by atoms with Crippen LogP contribution in [0.4, 0.5) is 5.69 Å². The Balaban J connectivity index is 1.73. The molecule has 0 saturated carbocycles. The standard InChI is InChI=1S/C22H24N2O4/c1-24-19-10-7-17(14-16(19)8-11-20(24)25)22(28)23-18(9-12-21(26)27)13-15-5-3-2-4-6-15/h2-7,10,14,18H,8-9,11-13H2,1H3,(H,23,28)(H,26,27). The number of carbonyl (C=O) groups is 3. The Morgan fingerprint density at radius 2 is 1.89 bits per heavy atom. The van der Waals surface area contributed by atoms with Gasteiger partial charge in [0.05, 0.1) is 0 Å². The van der Waals surface area contributed by atoms with Gasteiger partial charge in [-0.25, -0.2) is 0 Å². The summed E-state index contributed by atoms with van der Waals surface area (Å²) in [4.78, 5) is 37.2. The highest BCUT2D eigenvalue weighted by molar-refractivity contribution is 5.99. The molecule has 28 heavy (non-hydrogen) atoms. The van der Waals surface area contributed by atoms with Gasteiger partial charge in [0.1, 0.15) is 0 Å². The second-order valence-corrected chi connectivity index (χ2v) is 7.09. The Kier molecular flexibility index (Phi) is 6.09. The van der Waals surface area contributed by atoms with Gasteiger partial charge >= 0.3 is 5.97 Å². The van der Waals surface area contributed by atoms with E-state index in [2.05, 4.69) is 5.32 Å². The summed E-state index contributed by atoms with van der Waals surface area (Å²) < 4.78 is 0. The third kappa shape index (κ3) is 4.76. The van der Waals surface area contributed by atoms with E-state index in [-0.39, 0.29) is 24.3 Å². The Morgan fingerprint density at radius 1 is 1.14 bits per heavy atom. The van der Waals surface area contributed by atoms with Crippen molar-refractivity contribution in [3.63, 3.8) is 0 Å². The Hall–Kier alpha value is -3.15. The van der Waals surface area contributed by atoms with Gasteiger partial charge in [0, 0.05) is 37.2 Å². The largest absolute Gasteiger partial charge is 0.481 e. The van der Waals surface area contributed by atoms with E-state index in [1.807, 2.05) is 36.4 Å². The van der Waals surface area contributed by atoms with Crippen molar-refractivity contribution in [3.8, 4) is 0 Å². The van der Waals surface area contributed by atoms with Gasteiger partial charge in [-0.3, -0.25) is 14.4 Å². The number of hydrogen-bond donors (Lipinski definition) is 2. The van der Waals surface area contributed by atoms with Crippen LogP contribution in [0.3, 0.4) is 0 Å². The third-order valence-corrected chi connectivity index (χ3v) is 5.05. The molecule has 2 amide bonds. The van der Waals surface area contributed by atoms with Gasteiger partial charge in [0.25, 0.3) is 5.91 Å². The fourth-order valence-electron chi connectivity index (χ4n) is 3.49.